The summed E-state index contributed by atoms with van der Waals surface area (Å²) in [4.78, 5) is 0.848. The van der Waals surface area contributed by atoms with Crippen LogP contribution >= 0.6 is 12.6 Å². The summed E-state index contributed by atoms with van der Waals surface area (Å²) in [6.07, 6.45) is 0. The van der Waals surface area contributed by atoms with E-state index in [9.17, 15) is 0 Å². The molecule has 2 heteroatoms. The van der Waals surface area contributed by atoms with Crippen molar-refractivity contribution in [1.82, 2.24) is 0 Å². The second-order valence-electron chi connectivity index (χ2n) is 3.34. The number of hydrogen-bond donors (Lipinski definition) is 1. The average molecular weight is 216 g/mol. The van der Waals surface area contributed by atoms with Gasteiger partial charge in [-0.15, -0.1) is 12.6 Å². The molecule has 0 heterocycles. The highest BCUT2D eigenvalue weighted by Crippen LogP contribution is 2.29. The van der Waals surface area contributed by atoms with Gasteiger partial charge in [-0.05, 0) is 30.7 Å². The minimum atomic E-state index is 0.787. The van der Waals surface area contributed by atoms with Crippen molar-refractivity contribution >= 4 is 12.6 Å². The van der Waals surface area contributed by atoms with E-state index in [2.05, 4.69) is 12.6 Å². The lowest BCUT2D eigenvalue weighted by Crippen LogP contribution is -1.87. The first kappa shape index (κ1) is 10.1. The van der Waals surface area contributed by atoms with Crippen LogP contribution in [0.1, 0.15) is 5.56 Å². The van der Waals surface area contributed by atoms with Gasteiger partial charge in [0.15, 0.2) is 0 Å². The molecule has 2 rings (SSSR count). The zero-order valence-electron chi connectivity index (χ0n) is 8.47. The molecule has 0 bridgehead atoms. The molecule has 0 saturated heterocycles. The molecule has 76 valence electrons. The van der Waals surface area contributed by atoms with Gasteiger partial charge in [-0.25, -0.2) is 0 Å². The van der Waals surface area contributed by atoms with Crippen molar-refractivity contribution in [2.45, 2.75) is 11.8 Å². The van der Waals surface area contributed by atoms with Crippen LogP contribution in [-0.4, -0.2) is 0 Å². The van der Waals surface area contributed by atoms with Crippen molar-refractivity contribution in [3.05, 3.63) is 54.1 Å². The monoisotopic (exact) mass is 216 g/mol. The predicted octanol–water partition coefficient (Wildman–Crippen LogP) is 4.08. The summed E-state index contributed by atoms with van der Waals surface area (Å²) in [5.74, 6) is 1.66. The zero-order chi connectivity index (χ0) is 10.7. The van der Waals surface area contributed by atoms with Crippen LogP contribution in [0.4, 0.5) is 0 Å². The Morgan fingerprint density at radius 1 is 0.867 bits per heavy atom. The van der Waals surface area contributed by atoms with Crippen molar-refractivity contribution in [2.24, 2.45) is 0 Å². The molecule has 0 aliphatic carbocycles. The van der Waals surface area contributed by atoms with E-state index in [4.69, 9.17) is 4.74 Å². The smallest absolute Gasteiger partial charge is 0.140 e. The molecule has 1 nitrogen and oxygen atoms in total. The summed E-state index contributed by atoms with van der Waals surface area (Å²) < 4.78 is 5.76. The third kappa shape index (κ3) is 2.34. The molecule has 0 N–H and O–H groups in total. The van der Waals surface area contributed by atoms with E-state index >= 15 is 0 Å². The van der Waals surface area contributed by atoms with E-state index in [1.54, 1.807) is 0 Å². The first-order valence-electron chi connectivity index (χ1n) is 4.79. The minimum Gasteiger partial charge on any atom is -0.456 e. The Morgan fingerprint density at radius 3 is 2.13 bits per heavy atom. The highest BCUT2D eigenvalue weighted by atomic mass is 32.1. The van der Waals surface area contributed by atoms with Gasteiger partial charge >= 0.3 is 0 Å². The number of rotatable bonds is 2. The fourth-order valence-corrected chi connectivity index (χ4v) is 1.54. The Hall–Kier alpha value is -1.41. The molecular weight excluding hydrogens is 204 g/mol. The Kier molecular flexibility index (Phi) is 2.97. The highest BCUT2D eigenvalue weighted by Gasteiger charge is 2.02. The largest absolute Gasteiger partial charge is 0.456 e. The Bertz CT molecular complexity index is 422. The lowest BCUT2D eigenvalue weighted by Gasteiger charge is -2.09. The fraction of sp³-hybridized carbons (Fsp3) is 0.0769. The lowest BCUT2D eigenvalue weighted by atomic mass is 10.2. The summed E-state index contributed by atoms with van der Waals surface area (Å²) in [6, 6.07) is 15.6. The van der Waals surface area contributed by atoms with E-state index < -0.39 is 0 Å². The second-order valence-corrected chi connectivity index (χ2v) is 3.82. The topological polar surface area (TPSA) is 9.23 Å². The van der Waals surface area contributed by atoms with Crippen molar-refractivity contribution in [3.63, 3.8) is 0 Å². The van der Waals surface area contributed by atoms with Gasteiger partial charge in [0, 0.05) is 4.90 Å². The van der Waals surface area contributed by atoms with Crippen LogP contribution in [0.25, 0.3) is 0 Å². The molecular formula is C13H12OS. The molecule has 2 aromatic rings. The summed E-state index contributed by atoms with van der Waals surface area (Å²) in [7, 11) is 0. The van der Waals surface area contributed by atoms with Gasteiger partial charge in [-0.2, -0.15) is 0 Å². The first-order chi connectivity index (χ1) is 7.27. The highest BCUT2D eigenvalue weighted by molar-refractivity contribution is 7.80. The Balaban J connectivity index is 2.30. The van der Waals surface area contributed by atoms with Gasteiger partial charge in [0.25, 0.3) is 0 Å². The van der Waals surface area contributed by atoms with Gasteiger partial charge in [0.05, 0.1) is 0 Å². The standard InChI is InChI=1S/C13H12OS/c1-10-6-2-3-7-11(10)14-12-8-4-5-9-13(12)15/h2-9,15H,1H3. The summed E-state index contributed by atoms with van der Waals surface area (Å²) in [5, 5.41) is 0. The third-order valence-corrected chi connectivity index (χ3v) is 2.55. The van der Waals surface area contributed by atoms with Crippen molar-refractivity contribution in [1.29, 1.82) is 0 Å². The van der Waals surface area contributed by atoms with E-state index in [0.29, 0.717) is 0 Å². The maximum atomic E-state index is 5.76. The van der Waals surface area contributed by atoms with Crippen LogP contribution in [0, 0.1) is 6.92 Å². The third-order valence-electron chi connectivity index (χ3n) is 2.18. The molecule has 0 radical (unpaired) electrons. The molecule has 0 unspecified atom stereocenters. The van der Waals surface area contributed by atoms with Gasteiger partial charge in [0.1, 0.15) is 11.5 Å². The Morgan fingerprint density at radius 2 is 1.47 bits per heavy atom. The van der Waals surface area contributed by atoms with Crippen molar-refractivity contribution in [2.75, 3.05) is 0 Å². The van der Waals surface area contributed by atoms with Crippen LogP contribution in [-0.2, 0) is 0 Å². The van der Waals surface area contributed by atoms with Crippen molar-refractivity contribution < 1.29 is 4.74 Å². The molecule has 0 amide bonds. The molecule has 0 fully saturated rings. The number of ether oxygens (including phenoxy) is 1. The average Bonchev–Trinajstić information content (AvgIpc) is 2.24. The molecule has 0 atom stereocenters. The van der Waals surface area contributed by atoms with Gasteiger partial charge in [-0.1, -0.05) is 30.3 Å². The molecule has 0 spiro atoms. The minimum absolute atomic E-state index is 0.787. The van der Waals surface area contributed by atoms with Crippen LogP contribution in [0.3, 0.4) is 0 Å². The maximum absolute atomic E-state index is 5.76. The molecule has 0 aliphatic heterocycles. The van der Waals surface area contributed by atoms with E-state index in [1.807, 2.05) is 55.5 Å². The number of benzene rings is 2. The number of hydrogen-bond acceptors (Lipinski definition) is 2. The van der Waals surface area contributed by atoms with Crippen LogP contribution in [0.2, 0.25) is 0 Å². The Labute approximate surface area is 95.1 Å². The van der Waals surface area contributed by atoms with Crippen LogP contribution in [0.15, 0.2) is 53.4 Å². The fourth-order valence-electron chi connectivity index (χ4n) is 1.33. The lowest BCUT2D eigenvalue weighted by molar-refractivity contribution is 0.468. The predicted molar refractivity (Wildman–Crippen MR) is 64.9 cm³/mol. The van der Waals surface area contributed by atoms with Gasteiger partial charge in [0.2, 0.25) is 0 Å². The number of thiol groups is 1. The van der Waals surface area contributed by atoms with Crippen LogP contribution in [0.5, 0.6) is 11.5 Å². The summed E-state index contributed by atoms with van der Waals surface area (Å²) in [5.41, 5.74) is 1.12. The van der Waals surface area contributed by atoms with E-state index in [0.717, 1.165) is 22.0 Å². The summed E-state index contributed by atoms with van der Waals surface area (Å²) in [6.45, 7) is 2.02. The number of aryl methyl sites for hydroxylation is 1. The molecule has 0 saturated carbocycles. The molecule has 15 heavy (non-hydrogen) atoms. The maximum Gasteiger partial charge on any atom is 0.140 e. The molecule has 0 aromatic heterocycles. The van der Waals surface area contributed by atoms with E-state index in [-0.39, 0.29) is 0 Å². The van der Waals surface area contributed by atoms with Crippen LogP contribution < -0.4 is 4.74 Å². The number of para-hydroxylation sites is 2. The SMILES string of the molecule is Cc1ccccc1Oc1ccccc1S. The second kappa shape index (κ2) is 4.41. The molecule has 2 aromatic carbocycles. The van der Waals surface area contributed by atoms with Crippen molar-refractivity contribution in [3.8, 4) is 11.5 Å². The molecule has 0 aliphatic rings. The normalized spacial score (nSPS) is 10.0. The zero-order valence-corrected chi connectivity index (χ0v) is 9.37. The quantitative estimate of drug-likeness (QED) is 0.744. The summed E-state index contributed by atoms with van der Waals surface area (Å²) >= 11 is 4.34. The van der Waals surface area contributed by atoms with E-state index in [1.165, 1.54) is 0 Å². The first-order valence-corrected chi connectivity index (χ1v) is 5.23. The van der Waals surface area contributed by atoms with Gasteiger partial charge < -0.3 is 4.74 Å². The van der Waals surface area contributed by atoms with Gasteiger partial charge in [-0.3, -0.25) is 0 Å².